The molecule has 0 spiro atoms. The van der Waals surface area contributed by atoms with Crippen molar-refractivity contribution in [2.75, 3.05) is 6.54 Å². The van der Waals surface area contributed by atoms with E-state index in [0.717, 1.165) is 6.54 Å². The van der Waals surface area contributed by atoms with Crippen LogP contribution < -0.4 is 11.0 Å². The second-order valence-corrected chi connectivity index (χ2v) is 7.07. The third-order valence-corrected chi connectivity index (χ3v) is 4.80. The van der Waals surface area contributed by atoms with Gasteiger partial charge in [-0.3, -0.25) is 5.01 Å². The average Bonchev–Trinajstić information content (AvgIpc) is 3.08. The van der Waals surface area contributed by atoms with Crippen LogP contribution in [0.2, 0.25) is 0 Å². The van der Waals surface area contributed by atoms with E-state index < -0.39 is 0 Å². The first kappa shape index (κ1) is 20.3. The lowest BCUT2D eigenvalue weighted by molar-refractivity contribution is 0.265. The minimum atomic E-state index is 1.11. The molecule has 23 heavy (non-hydrogen) atoms. The normalized spacial score (nSPS) is 13.7. The molecule has 3 nitrogen and oxygen atoms in total. The number of rotatable bonds is 17. The number of hydrazine groups is 2. The van der Waals surface area contributed by atoms with Crippen LogP contribution in [0.25, 0.3) is 0 Å². The molecule has 0 aliphatic carbocycles. The van der Waals surface area contributed by atoms with Gasteiger partial charge in [-0.05, 0) is 6.42 Å². The fourth-order valence-corrected chi connectivity index (χ4v) is 3.25. The second-order valence-electron chi connectivity index (χ2n) is 7.07. The highest BCUT2D eigenvalue weighted by atomic mass is 15.7. The summed E-state index contributed by atoms with van der Waals surface area (Å²) >= 11 is 0. The molecule has 0 amide bonds. The lowest BCUT2D eigenvalue weighted by Gasteiger charge is -2.14. The van der Waals surface area contributed by atoms with Gasteiger partial charge in [-0.2, -0.15) is 0 Å². The van der Waals surface area contributed by atoms with Gasteiger partial charge in [0.05, 0.1) is 0 Å². The van der Waals surface area contributed by atoms with Gasteiger partial charge in [0.15, 0.2) is 0 Å². The van der Waals surface area contributed by atoms with Crippen LogP contribution in [0.15, 0.2) is 12.4 Å². The molecule has 0 atom stereocenters. The van der Waals surface area contributed by atoms with Crippen LogP contribution in [0.1, 0.15) is 110 Å². The molecule has 2 N–H and O–H groups in total. The van der Waals surface area contributed by atoms with Crippen LogP contribution in [-0.4, -0.2) is 11.6 Å². The Morgan fingerprint density at radius 2 is 1.04 bits per heavy atom. The van der Waals surface area contributed by atoms with E-state index in [1.165, 1.54) is 103 Å². The molecule has 0 bridgehead atoms. The van der Waals surface area contributed by atoms with Gasteiger partial charge in [0.25, 0.3) is 0 Å². The van der Waals surface area contributed by atoms with Crippen LogP contribution in [0.4, 0.5) is 0 Å². The van der Waals surface area contributed by atoms with E-state index in [0.29, 0.717) is 0 Å². The van der Waals surface area contributed by atoms with Crippen LogP contribution in [0.5, 0.6) is 0 Å². The van der Waals surface area contributed by atoms with Gasteiger partial charge >= 0.3 is 0 Å². The van der Waals surface area contributed by atoms with Crippen molar-refractivity contribution in [1.29, 1.82) is 0 Å². The van der Waals surface area contributed by atoms with E-state index in [1.54, 1.807) is 0 Å². The molecule has 0 radical (unpaired) electrons. The number of nitrogens with zero attached hydrogens (tertiary/aromatic N) is 1. The standard InChI is InChI=1S/C20H41N3/c1-2-3-4-5-6-7-8-9-10-11-12-13-14-15-16-17-19-23-20-18-21-22-23/h18,20-22H,2-17,19H2,1H3. The van der Waals surface area contributed by atoms with Crippen molar-refractivity contribution in [2.45, 2.75) is 110 Å². The van der Waals surface area contributed by atoms with E-state index in [9.17, 15) is 0 Å². The summed E-state index contributed by atoms with van der Waals surface area (Å²) in [4.78, 5) is 0. The van der Waals surface area contributed by atoms with E-state index >= 15 is 0 Å². The van der Waals surface area contributed by atoms with Gasteiger partial charge in [-0.15, -0.1) is 5.53 Å². The molecule has 1 aliphatic heterocycles. The van der Waals surface area contributed by atoms with Crippen LogP contribution >= 0.6 is 0 Å². The zero-order valence-electron chi connectivity index (χ0n) is 15.6. The highest BCUT2D eigenvalue weighted by molar-refractivity contribution is 4.81. The molecule has 3 heteroatoms. The molecule has 0 saturated heterocycles. The predicted octanol–water partition coefficient (Wildman–Crippen LogP) is 6.04. The molecule has 0 unspecified atom stereocenters. The van der Waals surface area contributed by atoms with Gasteiger partial charge in [0, 0.05) is 18.9 Å². The molecule has 0 aromatic carbocycles. The highest BCUT2D eigenvalue weighted by Gasteiger charge is 2.01. The van der Waals surface area contributed by atoms with Crippen molar-refractivity contribution in [3.63, 3.8) is 0 Å². The molecule has 0 saturated carbocycles. The molecule has 0 aromatic rings. The summed E-state index contributed by atoms with van der Waals surface area (Å²) in [5, 5.41) is 2.11. The Labute approximate surface area is 145 Å². The van der Waals surface area contributed by atoms with Crippen LogP contribution in [-0.2, 0) is 0 Å². The van der Waals surface area contributed by atoms with Crippen molar-refractivity contribution in [3.8, 4) is 0 Å². The summed E-state index contributed by atoms with van der Waals surface area (Å²) in [6.07, 6.45) is 26.9. The van der Waals surface area contributed by atoms with Crippen molar-refractivity contribution < 1.29 is 0 Å². The van der Waals surface area contributed by atoms with Gasteiger partial charge < -0.3 is 5.43 Å². The quantitative estimate of drug-likeness (QED) is 0.319. The SMILES string of the molecule is CCCCCCCCCCCCCCCCCCN1C=CNN1. The highest BCUT2D eigenvalue weighted by Crippen LogP contribution is 2.13. The third-order valence-electron chi connectivity index (χ3n) is 4.80. The first-order valence-electron chi connectivity index (χ1n) is 10.4. The number of hydrogen-bond donors (Lipinski definition) is 2. The van der Waals surface area contributed by atoms with Crippen LogP contribution in [0.3, 0.4) is 0 Å². The summed E-state index contributed by atoms with van der Waals surface area (Å²) in [6.45, 7) is 3.41. The lowest BCUT2D eigenvalue weighted by atomic mass is 10.0. The Kier molecular flexibility index (Phi) is 14.3. The summed E-state index contributed by atoms with van der Waals surface area (Å²) in [5.74, 6) is 0. The fraction of sp³-hybridized carbons (Fsp3) is 0.900. The maximum Gasteiger partial charge on any atom is 0.0356 e. The van der Waals surface area contributed by atoms with Crippen molar-refractivity contribution in [3.05, 3.63) is 12.4 Å². The summed E-state index contributed by atoms with van der Waals surface area (Å²) < 4.78 is 0. The lowest BCUT2D eigenvalue weighted by Crippen LogP contribution is -2.35. The van der Waals surface area contributed by atoms with E-state index in [1.807, 2.05) is 6.20 Å². The van der Waals surface area contributed by atoms with Crippen molar-refractivity contribution in [2.24, 2.45) is 0 Å². The van der Waals surface area contributed by atoms with E-state index in [4.69, 9.17) is 0 Å². The molecule has 1 heterocycles. The summed E-state index contributed by atoms with van der Waals surface area (Å²) in [7, 11) is 0. The molecule has 136 valence electrons. The minimum absolute atomic E-state index is 1.11. The molecule has 1 aliphatic rings. The topological polar surface area (TPSA) is 27.3 Å². The Hall–Kier alpha value is -0.700. The summed E-state index contributed by atoms with van der Waals surface area (Å²) in [5.41, 5.74) is 6.05. The largest absolute Gasteiger partial charge is 0.310 e. The van der Waals surface area contributed by atoms with Gasteiger partial charge in [-0.1, -0.05) is 103 Å². The Morgan fingerprint density at radius 3 is 1.43 bits per heavy atom. The Morgan fingerprint density at radius 1 is 0.609 bits per heavy atom. The number of unbranched alkanes of at least 4 members (excludes halogenated alkanes) is 15. The third kappa shape index (κ3) is 13.4. The van der Waals surface area contributed by atoms with E-state index in [2.05, 4.69) is 29.1 Å². The molecule has 1 rings (SSSR count). The smallest absolute Gasteiger partial charge is 0.0356 e. The van der Waals surface area contributed by atoms with Crippen LogP contribution in [0, 0.1) is 0 Å². The number of nitrogens with one attached hydrogen (secondary N) is 2. The molecule has 0 aromatic heterocycles. The average molecular weight is 324 g/mol. The van der Waals surface area contributed by atoms with E-state index in [-0.39, 0.29) is 0 Å². The summed E-state index contributed by atoms with van der Waals surface area (Å²) in [6, 6.07) is 0. The monoisotopic (exact) mass is 323 g/mol. The minimum Gasteiger partial charge on any atom is -0.310 e. The first-order chi connectivity index (χ1) is 11.4. The predicted molar refractivity (Wildman–Crippen MR) is 102 cm³/mol. The Balaban J connectivity index is 1.64. The zero-order chi connectivity index (χ0) is 16.4. The molecular formula is C20H41N3. The van der Waals surface area contributed by atoms with Crippen molar-refractivity contribution in [1.82, 2.24) is 16.0 Å². The van der Waals surface area contributed by atoms with Crippen molar-refractivity contribution >= 4 is 0 Å². The fourth-order valence-electron chi connectivity index (χ4n) is 3.25. The zero-order valence-corrected chi connectivity index (χ0v) is 15.6. The van der Waals surface area contributed by atoms with Gasteiger partial charge in [0.1, 0.15) is 0 Å². The first-order valence-corrected chi connectivity index (χ1v) is 10.4. The maximum atomic E-state index is 3.08. The van der Waals surface area contributed by atoms with Gasteiger partial charge in [-0.25, -0.2) is 0 Å². The molecular weight excluding hydrogens is 282 g/mol. The maximum absolute atomic E-state index is 3.08. The number of hydrogen-bond acceptors (Lipinski definition) is 3. The second kappa shape index (κ2) is 16.2. The Bertz CT molecular complexity index is 266. The molecule has 0 fully saturated rings. The van der Waals surface area contributed by atoms with Gasteiger partial charge in [0.2, 0.25) is 0 Å².